The number of carbonyl (C=O) groups excluding carboxylic acids is 1. The average molecular weight is 162 g/mol. The molecular formula is C7H12ClNO. The first kappa shape index (κ1) is 7.86. The Morgan fingerprint density at radius 1 is 1.60 bits per heavy atom. The summed E-state index contributed by atoms with van der Waals surface area (Å²) < 4.78 is 0. The van der Waals surface area contributed by atoms with Gasteiger partial charge in [0.2, 0.25) is 0 Å². The topological polar surface area (TPSA) is 20.3 Å². The Bertz CT molecular complexity index is 154. The Morgan fingerprint density at radius 3 is 2.20 bits per heavy atom. The van der Waals surface area contributed by atoms with Crippen LogP contribution in [-0.4, -0.2) is 22.9 Å². The fraction of sp³-hybridized carbons (Fsp3) is 0.857. The Labute approximate surface area is 66.1 Å². The van der Waals surface area contributed by atoms with E-state index < -0.39 is 0 Å². The smallest absolute Gasteiger partial charge is 0.316 e. The normalized spacial score (nSPS) is 21.5. The van der Waals surface area contributed by atoms with Crippen LogP contribution in [0.15, 0.2) is 0 Å². The molecule has 1 fully saturated rings. The third kappa shape index (κ3) is 1.12. The van der Waals surface area contributed by atoms with Crippen molar-refractivity contribution in [3.8, 4) is 0 Å². The first-order chi connectivity index (χ1) is 4.56. The Kier molecular flexibility index (Phi) is 1.90. The van der Waals surface area contributed by atoms with Gasteiger partial charge in [-0.15, -0.1) is 0 Å². The van der Waals surface area contributed by atoms with Crippen molar-refractivity contribution < 1.29 is 4.79 Å². The zero-order chi connectivity index (χ0) is 7.78. The standard InChI is InChI=1S/C7H12ClNO/c1-7(4-3-5-7)9(2)6(8)10/h3-5H2,1-2H3. The fourth-order valence-corrected chi connectivity index (χ4v) is 1.44. The van der Waals surface area contributed by atoms with Gasteiger partial charge >= 0.3 is 5.37 Å². The second-order valence-electron chi connectivity index (χ2n) is 3.16. The van der Waals surface area contributed by atoms with Crippen molar-refractivity contribution in [1.82, 2.24) is 4.90 Å². The molecule has 0 aromatic rings. The highest BCUT2D eigenvalue weighted by atomic mass is 35.5. The summed E-state index contributed by atoms with van der Waals surface area (Å²) in [5.41, 5.74) is 0.0544. The summed E-state index contributed by atoms with van der Waals surface area (Å²) in [6.45, 7) is 2.07. The van der Waals surface area contributed by atoms with E-state index in [-0.39, 0.29) is 10.9 Å². The second kappa shape index (κ2) is 2.42. The van der Waals surface area contributed by atoms with E-state index in [0.717, 1.165) is 12.8 Å². The minimum absolute atomic E-state index is 0.0544. The predicted molar refractivity (Wildman–Crippen MR) is 41.3 cm³/mol. The molecule has 0 saturated heterocycles. The molecule has 1 saturated carbocycles. The zero-order valence-electron chi connectivity index (χ0n) is 6.35. The van der Waals surface area contributed by atoms with E-state index in [4.69, 9.17) is 11.6 Å². The fourth-order valence-electron chi connectivity index (χ4n) is 1.24. The van der Waals surface area contributed by atoms with Crippen LogP contribution in [0.25, 0.3) is 0 Å². The van der Waals surface area contributed by atoms with Crippen LogP contribution in [0.2, 0.25) is 0 Å². The van der Waals surface area contributed by atoms with Gasteiger partial charge in [0.15, 0.2) is 0 Å². The highest BCUT2D eigenvalue weighted by Gasteiger charge is 2.37. The number of rotatable bonds is 1. The predicted octanol–water partition coefficient (Wildman–Crippen LogP) is 2.22. The molecule has 58 valence electrons. The van der Waals surface area contributed by atoms with Gasteiger partial charge in [-0.1, -0.05) is 0 Å². The molecular weight excluding hydrogens is 150 g/mol. The molecule has 0 radical (unpaired) electrons. The van der Waals surface area contributed by atoms with Gasteiger partial charge in [0.05, 0.1) is 0 Å². The van der Waals surface area contributed by atoms with E-state index in [9.17, 15) is 4.79 Å². The van der Waals surface area contributed by atoms with Crippen molar-refractivity contribution in [3.05, 3.63) is 0 Å². The quantitative estimate of drug-likeness (QED) is 0.427. The summed E-state index contributed by atoms with van der Waals surface area (Å²) in [6.07, 6.45) is 3.38. The molecule has 1 amide bonds. The van der Waals surface area contributed by atoms with E-state index >= 15 is 0 Å². The van der Waals surface area contributed by atoms with E-state index in [0.29, 0.717) is 0 Å². The minimum Gasteiger partial charge on any atom is -0.327 e. The molecule has 3 heteroatoms. The van der Waals surface area contributed by atoms with Crippen LogP contribution in [0, 0.1) is 0 Å². The molecule has 1 aliphatic rings. The van der Waals surface area contributed by atoms with Crippen LogP contribution >= 0.6 is 11.6 Å². The van der Waals surface area contributed by atoms with Crippen molar-refractivity contribution in [2.24, 2.45) is 0 Å². The lowest BCUT2D eigenvalue weighted by Crippen LogP contribution is -2.50. The molecule has 0 spiro atoms. The zero-order valence-corrected chi connectivity index (χ0v) is 7.11. The van der Waals surface area contributed by atoms with Gasteiger partial charge in [0.25, 0.3) is 0 Å². The number of amides is 1. The summed E-state index contributed by atoms with van der Waals surface area (Å²) in [4.78, 5) is 12.3. The Balaban J connectivity index is 2.54. The molecule has 10 heavy (non-hydrogen) atoms. The molecule has 2 nitrogen and oxygen atoms in total. The van der Waals surface area contributed by atoms with E-state index in [1.165, 1.54) is 6.42 Å². The van der Waals surface area contributed by atoms with Crippen LogP contribution in [0.1, 0.15) is 26.2 Å². The summed E-state index contributed by atoms with van der Waals surface area (Å²) in [6, 6.07) is 0. The molecule has 0 N–H and O–H groups in total. The molecule has 0 unspecified atom stereocenters. The summed E-state index contributed by atoms with van der Waals surface area (Å²) >= 11 is 5.31. The Morgan fingerprint density at radius 2 is 2.10 bits per heavy atom. The van der Waals surface area contributed by atoms with Gasteiger partial charge in [-0.3, -0.25) is 4.79 Å². The monoisotopic (exact) mass is 161 g/mol. The molecule has 0 aliphatic heterocycles. The average Bonchev–Trinajstić information content (AvgIpc) is 1.81. The van der Waals surface area contributed by atoms with E-state index in [1.54, 1.807) is 11.9 Å². The molecule has 0 aromatic heterocycles. The molecule has 0 aromatic carbocycles. The number of hydrogen-bond donors (Lipinski definition) is 0. The molecule has 1 rings (SSSR count). The number of nitrogens with zero attached hydrogens (tertiary/aromatic N) is 1. The summed E-state index contributed by atoms with van der Waals surface area (Å²) in [7, 11) is 1.76. The SMILES string of the molecule is CN(C(=O)Cl)C1(C)CCC1. The van der Waals surface area contributed by atoms with Crippen molar-refractivity contribution in [2.45, 2.75) is 31.7 Å². The van der Waals surface area contributed by atoms with Gasteiger partial charge in [-0.2, -0.15) is 0 Å². The van der Waals surface area contributed by atoms with Crippen LogP contribution in [-0.2, 0) is 0 Å². The third-order valence-corrected chi connectivity index (χ3v) is 2.76. The van der Waals surface area contributed by atoms with Crippen LogP contribution in [0.4, 0.5) is 4.79 Å². The molecule has 0 bridgehead atoms. The van der Waals surface area contributed by atoms with Gasteiger partial charge in [-0.25, -0.2) is 0 Å². The van der Waals surface area contributed by atoms with Crippen LogP contribution in [0.3, 0.4) is 0 Å². The van der Waals surface area contributed by atoms with E-state index in [1.807, 2.05) is 0 Å². The van der Waals surface area contributed by atoms with Crippen molar-refractivity contribution in [1.29, 1.82) is 0 Å². The minimum atomic E-state index is -0.345. The maximum atomic E-state index is 10.7. The Hall–Kier alpha value is -0.240. The molecule has 0 heterocycles. The van der Waals surface area contributed by atoms with Crippen LogP contribution < -0.4 is 0 Å². The van der Waals surface area contributed by atoms with Gasteiger partial charge in [-0.05, 0) is 37.8 Å². The highest BCUT2D eigenvalue weighted by Crippen LogP contribution is 2.36. The maximum absolute atomic E-state index is 10.7. The van der Waals surface area contributed by atoms with Crippen LogP contribution in [0.5, 0.6) is 0 Å². The summed E-state index contributed by atoms with van der Waals surface area (Å²) in [5, 5.41) is -0.345. The van der Waals surface area contributed by atoms with Crippen molar-refractivity contribution in [2.75, 3.05) is 7.05 Å². The van der Waals surface area contributed by atoms with Crippen molar-refractivity contribution in [3.63, 3.8) is 0 Å². The number of halogens is 1. The lowest BCUT2D eigenvalue weighted by Gasteiger charge is -2.44. The summed E-state index contributed by atoms with van der Waals surface area (Å²) in [5.74, 6) is 0. The van der Waals surface area contributed by atoms with Crippen molar-refractivity contribution >= 4 is 17.0 Å². The van der Waals surface area contributed by atoms with Gasteiger partial charge in [0.1, 0.15) is 0 Å². The molecule has 1 aliphatic carbocycles. The first-order valence-electron chi connectivity index (χ1n) is 3.49. The third-order valence-electron chi connectivity index (χ3n) is 2.50. The van der Waals surface area contributed by atoms with E-state index in [2.05, 4.69) is 6.92 Å². The lowest BCUT2D eigenvalue weighted by atomic mass is 9.77. The largest absolute Gasteiger partial charge is 0.327 e. The number of hydrogen-bond acceptors (Lipinski definition) is 1. The highest BCUT2D eigenvalue weighted by molar-refractivity contribution is 6.62. The van der Waals surface area contributed by atoms with Gasteiger partial charge < -0.3 is 4.90 Å². The second-order valence-corrected chi connectivity index (χ2v) is 3.49. The maximum Gasteiger partial charge on any atom is 0.316 e. The van der Waals surface area contributed by atoms with Gasteiger partial charge in [0, 0.05) is 12.6 Å². The first-order valence-corrected chi connectivity index (χ1v) is 3.87. The lowest BCUT2D eigenvalue weighted by molar-refractivity contribution is 0.0940. The number of carbonyl (C=O) groups is 1. The molecule has 0 atom stereocenters.